The molecule has 0 saturated heterocycles. The molecule has 0 saturated carbocycles. The minimum atomic E-state index is -1.28. The summed E-state index contributed by atoms with van der Waals surface area (Å²) in [5, 5.41) is 20.4. The predicted octanol–water partition coefficient (Wildman–Crippen LogP) is 0.603. The van der Waals surface area contributed by atoms with Gasteiger partial charge in [0.25, 0.3) is 0 Å². The van der Waals surface area contributed by atoms with Gasteiger partial charge in [0.1, 0.15) is 0 Å². The Morgan fingerprint density at radius 2 is 1.94 bits per heavy atom. The topological polar surface area (TPSA) is 89.9 Å². The SMILES string of the molecule is CSCCC(C)N(C)C(=O)NC(C(=O)O)C(C)O. The Bertz CT molecular complexity index is 286. The summed E-state index contributed by atoms with van der Waals surface area (Å²) < 4.78 is 0. The van der Waals surface area contributed by atoms with Gasteiger partial charge >= 0.3 is 12.0 Å². The van der Waals surface area contributed by atoms with E-state index in [0.717, 1.165) is 12.2 Å². The van der Waals surface area contributed by atoms with Crippen LogP contribution in [0.3, 0.4) is 0 Å². The molecule has 106 valence electrons. The van der Waals surface area contributed by atoms with E-state index in [2.05, 4.69) is 5.32 Å². The van der Waals surface area contributed by atoms with Gasteiger partial charge in [-0.3, -0.25) is 0 Å². The van der Waals surface area contributed by atoms with Crippen LogP contribution in [0.1, 0.15) is 20.3 Å². The summed E-state index contributed by atoms with van der Waals surface area (Å²) in [6.07, 6.45) is 1.68. The molecule has 18 heavy (non-hydrogen) atoms. The van der Waals surface area contributed by atoms with E-state index >= 15 is 0 Å². The Balaban J connectivity index is 4.41. The lowest BCUT2D eigenvalue weighted by Crippen LogP contribution is -2.53. The molecule has 3 atom stereocenters. The first kappa shape index (κ1) is 17.1. The molecule has 0 aliphatic rings. The van der Waals surface area contributed by atoms with Crippen molar-refractivity contribution >= 4 is 23.8 Å². The van der Waals surface area contributed by atoms with Crippen molar-refractivity contribution in [2.75, 3.05) is 19.1 Å². The summed E-state index contributed by atoms with van der Waals surface area (Å²) in [4.78, 5) is 24.1. The zero-order valence-corrected chi connectivity index (χ0v) is 12.0. The summed E-state index contributed by atoms with van der Waals surface area (Å²) in [5.41, 5.74) is 0. The van der Waals surface area contributed by atoms with Crippen molar-refractivity contribution in [2.45, 2.75) is 38.5 Å². The summed E-state index contributed by atoms with van der Waals surface area (Å²) in [6.45, 7) is 3.23. The third-order valence-electron chi connectivity index (χ3n) is 2.75. The minimum absolute atomic E-state index is 0.0147. The number of nitrogens with zero attached hydrogens (tertiary/aromatic N) is 1. The lowest BCUT2D eigenvalue weighted by Gasteiger charge is -2.27. The number of amides is 2. The van der Waals surface area contributed by atoms with Crippen molar-refractivity contribution in [3.63, 3.8) is 0 Å². The average molecular weight is 278 g/mol. The number of aliphatic hydroxyl groups excluding tert-OH is 1. The molecule has 2 amide bonds. The van der Waals surface area contributed by atoms with Crippen LogP contribution in [0.25, 0.3) is 0 Å². The van der Waals surface area contributed by atoms with Gasteiger partial charge in [0.15, 0.2) is 6.04 Å². The molecule has 7 heteroatoms. The highest BCUT2D eigenvalue weighted by molar-refractivity contribution is 7.98. The Labute approximate surface area is 112 Å². The van der Waals surface area contributed by atoms with Crippen LogP contribution in [0.2, 0.25) is 0 Å². The number of hydrogen-bond acceptors (Lipinski definition) is 4. The standard InChI is InChI=1S/C11H22N2O4S/c1-7(5-6-18-4)13(3)11(17)12-9(8(2)14)10(15)16/h7-9,14H,5-6H2,1-4H3,(H,12,17)(H,15,16). The van der Waals surface area contributed by atoms with Crippen LogP contribution in [0.5, 0.6) is 0 Å². The molecular formula is C11H22N2O4S. The second-order valence-corrected chi connectivity index (χ2v) is 5.23. The molecule has 0 aromatic carbocycles. The maximum atomic E-state index is 11.8. The van der Waals surface area contributed by atoms with Gasteiger partial charge in [-0.1, -0.05) is 0 Å². The van der Waals surface area contributed by atoms with Crippen molar-refractivity contribution in [1.82, 2.24) is 10.2 Å². The van der Waals surface area contributed by atoms with Crippen LogP contribution >= 0.6 is 11.8 Å². The first-order chi connectivity index (χ1) is 8.31. The fraction of sp³-hybridized carbons (Fsp3) is 0.818. The van der Waals surface area contributed by atoms with Crippen LogP contribution in [0, 0.1) is 0 Å². The van der Waals surface area contributed by atoms with Crippen molar-refractivity contribution < 1.29 is 19.8 Å². The van der Waals surface area contributed by atoms with Gasteiger partial charge in [-0.2, -0.15) is 11.8 Å². The second kappa shape index (κ2) is 8.20. The molecule has 3 unspecified atom stereocenters. The number of thioether (sulfide) groups is 1. The van der Waals surface area contributed by atoms with E-state index in [0.29, 0.717) is 0 Å². The molecule has 0 aromatic heterocycles. The van der Waals surface area contributed by atoms with E-state index in [1.807, 2.05) is 13.2 Å². The number of carbonyl (C=O) groups excluding carboxylic acids is 1. The Hall–Kier alpha value is -0.950. The van der Waals surface area contributed by atoms with E-state index in [1.54, 1.807) is 18.8 Å². The molecule has 0 rings (SSSR count). The molecule has 3 N–H and O–H groups in total. The Morgan fingerprint density at radius 3 is 2.33 bits per heavy atom. The van der Waals surface area contributed by atoms with Crippen molar-refractivity contribution in [3.05, 3.63) is 0 Å². The van der Waals surface area contributed by atoms with Crippen LogP contribution in [0.4, 0.5) is 4.79 Å². The van der Waals surface area contributed by atoms with Gasteiger partial charge in [-0.25, -0.2) is 9.59 Å². The molecule has 0 heterocycles. The number of hydrogen-bond donors (Lipinski definition) is 3. The van der Waals surface area contributed by atoms with E-state index < -0.39 is 24.1 Å². The van der Waals surface area contributed by atoms with Crippen molar-refractivity contribution in [3.8, 4) is 0 Å². The normalized spacial score (nSPS) is 15.6. The maximum absolute atomic E-state index is 11.8. The Kier molecular flexibility index (Phi) is 7.77. The highest BCUT2D eigenvalue weighted by Crippen LogP contribution is 2.06. The minimum Gasteiger partial charge on any atom is -0.480 e. The lowest BCUT2D eigenvalue weighted by atomic mass is 10.2. The summed E-state index contributed by atoms with van der Waals surface area (Å²) in [7, 11) is 1.61. The van der Waals surface area contributed by atoms with Crippen molar-refractivity contribution in [1.29, 1.82) is 0 Å². The molecule has 0 fully saturated rings. The number of aliphatic carboxylic acids is 1. The molecule has 0 bridgehead atoms. The molecule has 0 aliphatic heterocycles. The number of nitrogens with one attached hydrogen (secondary N) is 1. The number of urea groups is 1. The molecule has 0 aromatic rings. The smallest absolute Gasteiger partial charge is 0.328 e. The average Bonchev–Trinajstić information content (AvgIpc) is 2.30. The van der Waals surface area contributed by atoms with Gasteiger partial charge in [0.2, 0.25) is 0 Å². The first-order valence-corrected chi connectivity index (χ1v) is 7.13. The monoisotopic (exact) mass is 278 g/mol. The highest BCUT2D eigenvalue weighted by atomic mass is 32.2. The van der Waals surface area contributed by atoms with Gasteiger partial charge in [0, 0.05) is 13.1 Å². The molecule has 0 aliphatic carbocycles. The zero-order chi connectivity index (χ0) is 14.3. The fourth-order valence-electron chi connectivity index (χ4n) is 1.31. The number of carboxylic acid groups (broad SMARTS) is 1. The summed E-state index contributed by atoms with van der Waals surface area (Å²) in [6, 6.07) is -1.76. The molecule has 6 nitrogen and oxygen atoms in total. The third kappa shape index (κ3) is 5.59. The van der Waals surface area contributed by atoms with E-state index in [4.69, 9.17) is 5.11 Å². The summed E-state index contributed by atoms with van der Waals surface area (Å²) in [5.74, 6) is -0.319. The predicted molar refractivity (Wildman–Crippen MR) is 71.9 cm³/mol. The number of rotatable bonds is 7. The van der Waals surface area contributed by atoms with E-state index in [-0.39, 0.29) is 6.04 Å². The lowest BCUT2D eigenvalue weighted by molar-refractivity contribution is -0.141. The van der Waals surface area contributed by atoms with Crippen LogP contribution in [-0.4, -0.2) is 64.4 Å². The van der Waals surface area contributed by atoms with Gasteiger partial charge in [-0.15, -0.1) is 0 Å². The molecule has 0 spiro atoms. The van der Waals surface area contributed by atoms with Gasteiger partial charge < -0.3 is 20.4 Å². The second-order valence-electron chi connectivity index (χ2n) is 4.25. The number of carbonyl (C=O) groups is 2. The van der Waals surface area contributed by atoms with Crippen LogP contribution < -0.4 is 5.32 Å². The third-order valence-corrected chi connectivity index (χ3v) is 3.39. The summed E-state index contributed by atoms with van der Waals surface area (Å²) >= 11 is 1.69. The molecular weight excluding hydrogens is 256 g/mol. The fourth-order valence-corrected chi connectivity index (χ4v) is 1.88. The quantitative estimate of drug-likeness (QED) is 0.634. The molecule has 0 radical (unpaired) electrons. The Morgan fingerprint density at radius 1 is 1.39 bits per heavy atom. The number of aliphatic hydroxyl groups is 1. The zero-order valence-electron chi connectivity index (χ0n) is 11.2. The van der Waals surface area contributed by atoms with Crippen LogP contribution in [0.15, 0.2) is 0 Å². The van der Waals surface area contributed by atoms with Crippen molar-refractivity contribution in [2.24, 2.45) is 0 Å². The number of carboxylic acids is 1. The highest BCUT2D eigenvalue weighted by Gasteiger charge is 2.27. The van der Waals surface area contributed by atoms with Crippen LogP contribution in [-0.2, 0) is 4.79 Å². The van der Waals surface area contributed by atoms with Gasteiger partial charge in [0.05, 0.1) is 6.10 Å². The maximum Gasteiger partial charge on any atom is 0.328 e. The first-order valence-electron chi connectivity index (χ1n) is 5.74. The van der Waals surface area contributed by atoms with E-state index in [1.165, 1.54) is 11.8 Å². The largest absolute Gasteiger partial charge is 0.480 e. The van der Waals surface area contributed by atoms with Gasteiger partial charge in [-0.05, 0) is 32.3 Å². The van der Waals surface area contributed by atoms with E-state index in [9.17, 15) is 14.7 Å².